The van der Waals surface area contributed by atoms with Gasteiger partial charge in [-0.2, -0.15) is 9.40 Å². The molecule has 1 aliphatic heterocycles. The fourth-order valence-electron chi connectivity index (χ4n) is 3.83. The molecule has 0 saturated heterocycles. The predicted octanol–water partition coefficient (Wildman–Crippen LogP) is 3.83. The number of aromatic nitrogens is 2. The van der Waals surface area contributed by atoms with E-state index >= 15 is 0 Å². The highest BCUT2D eigenvalue weighted by Crippen LogP contribution is 2.34. The summed E-state index contributed by atoms with van der Waals surface area (Å²) in [7, 11) is -3.73. The Kier molecular flexibility index (Phi) is 4.60. The van der Waals surface area contributed by atoms with Crippen molar-refractivity contribution in [3.63, 3.8) is 0 Å². The van der Waals surface area contributed by atoms with E-state index in [1.165, 1.54) is 4.31 Å². The Hall–Kier alpha value is -3.49. The molecule has 2 heterocycles. The van der Waals surface area contributed by atoms with Gasteiger partial charge in [0.15, 0.2) is 5.82 Å². The second-order valence-corrected chi connectivity index (χ2v) is 9.51. The Morgan fingerprint density at radius 3 is 2.55 bits per heavy atom. The quantitative estimate of drug-likeness (QED) is 0.512. The topological polar surface area (TPSA) is 95.2 Å². The van der Waals surface area contributed by atoms with E-state index in [-0.39, 0.29) is 23.9 Å². The van der Waals surface area contributed by atoms with Crippen LogP contribution in [0.4, 0.5) is 5.82 Å². The second kappa shape index (κ2) is 7.33. The van der Waals surface area contributed by atoms with E-state index in [4.69, 9.17) is 0 Å². The van der Waals surface area contributed by atoms with Crippen LogP contribution in [0.15, 0.2) is 71.6 Å². The maximum atomic E-state index is 13.4. The first-order valence-corrected chi connectivity index (χ1v) is 11.3. The van der Waals surface area contributed by atoms with Gasteiger partial charge in [-0.15, -0.1) is 0 Å². The van der Waals surface area contributed by atoms with Gasteiger partial charge in [0.25, 0.3) is 5.91 Å². The summed E-state index contributed by atoms with van der Waals surface area (Å²) in [4.78, 5) is 12.8. The van der Waals surface area contributed by atoms with Crippen LogP contribution >= 0.6 is 0 Å². The van der Waals surface area contributed by atoms with E-state index in [1.807, 2.05) is 49.4 Å². The number of carbonyl (C=O) groups excluding carboxylic acids is 1. The molecule has 31 heavy (non-hydrogen) atoms. The van der Waals surface area contributed by atoms with Crippen LogP contribution in [0.3, 0.4) is 0 Å². The van der Waals surface area contributed by atoms with Crippen molar-refractivity contribution in [3.05, 3.63) is 89.1 Å². The van der Waals surface area contributed by atoms with Gasteiger partial charge in [0, 0.05) is 23.1 Å². The molecule has 1 aromatic heterocycles. The van der Waals surface area contributed by atoms with E-state index in [9.17, 15) is 13.2 Å². The summed E-state index contributed by atoms with van der Waals surface area (Å²) in [6, 6.07) is 19.9. The van der Waals surface area contributed by atoms with Crippen molar-refractivity contribution in [2.24, 2.45) is 0 Å². The van der Waals surface area contributed by atoms with Crippen LogP contribution in [0.5, 0.6) is 0 Å². The molecule has 0 aliphatic carbocycles. The highest BCUT2D eigenvalue weighted by Gasteiger charge is 2.35. The number of hydrogen-bond acceptors (Lipinski definition) is 4. The molecule has 0 fully saturated rings. The van der Waals surface area contributed by atoms with Gasteiger partial charge in [-0.1, -0.05) is 54.1 Å². The van der Waals surface area contributed by atoms with Crippen molar-refractivity contribution in [1.82, 2.24) is 14.5 Å². The molecule has 156 valence electrons. The number of H-pyrrole nitrogens is 1. The molecule has 8 heteroatoms. The average Bonchev–Trinajstić information content (AvgIpc) is 3.36. The molecule has 5 rings (SSSR count). The normalized spacial score (nSPS) is 14.0. The maximum Gasteiger partial charge on any atom is 0.256 e. The number of carbonyl (C=O) groups is 1. The number of aromatic amines is 1. The van der Waals surface area contributed by atoms with Crippen LogP contribution in [-0.2, 0) is 23.1 Å². The maximum absolute atomic E-state index is 13.4. The molecular formula is C23H20N4O3S. The SMILES string of the molecule is Cc1ccc(C(=O)Nc2n[nH]c3c2CN(S(=O)(=O)c2cccc4ccccc24)C3)cc1. The number of nitrogens with zero attached hydrogens (tertiary/aromatic N) is 2. The zero-order valence-corrected chi connectivity index (χ0v) is 17.6. The molecule has 0 atom stereocenters. The summed E-state index contributed by atoms with van der Waals surface area (Å²) < 4.78 is 28.2. The van der Waals surface area contributed by atoms with Crippen molar-refractivity contribution >= 4 is 32.5 Å². The van der Waals surface area contributed by atoms with Gasteiger partial charge in [0.2, 0.25) is 10.0 Å². The predicted molar refractivity (Wildman–Crippen MR) is 118 cm³/mol. The third kappa shape index (κ3) is 3.39. The van der Waals surface area contributed by atoms with Gasteiger partial charge in [-0.05, 0) is 30.5 Å². The lowest BCUT2D eigenvalue weighted by Crippen LogP contribution is -2.26. The van der Waals surface area contributed by atoms with Gasteiger partial charge < -0.3 is 5.32 Å². The summed E-state index contributed by atoms with van der Waals surface area (Å²) in [5.74, 6) is 0.0702. The molecule has 3 aromatic carbocycles. The number of hydrogen-bond donors (Lipinski definition) is 2. The van der Waals surface area contributed by atoms with E-state index in [2.05, 4.69) is 15.5 Å². The van der Waals surface area contributed by atoms with Crippen LogP contribution in [0.1, 0.15) is 27.2 Å². The monoisotopic (exact) mass is 432 g/mol. The lowest BCUT2D eigenvalue weighted by molar-refractivity contribution is 0.102. The molecule has 2 N–H and O–H groups in total. The first-order chi connectivity index (χ1) is 14.9. The Balaban J connectivity index is 1.41. The average molecular weight is 433 g/mol. The van der Waals surface area contributed by atoms with Crippen molar-refractivity contribution in [2.75, 3.05) is 5.32 Å². The zero-order valence-electron chi connectivity index (χ0n) is 16.8. The lowest BCUT2D eigenvalue weighted by Gasteiger charge is -2.17. The first kappa shape index (κ1) is 19.5. The molecular weight excluding hydrogens is 412 g/mol. The largest absolute Gasteiger partial charge is 0.305 e. The molecule has 1 aliphatic rings. The minimum absolute atomic E-state index is 0.140. The molecule has 4 aromatic rings. The Labute approximate surface area is 179 Å². The highest BCUT2D eigenvalue weighted by molar-refractivity contribution is 7.89. The van der Waals surface area contributed by atoms with Gasteiger partial charge in [0.05, 0.1) is 17.1 Å². The van der Waals surface area contributed by atoms with Gasteiger partial charge in [0.1, 0.15) is 0 Å². The van der Waals surface area contributed by atoms with E-state index < -0.39 is 10.0 Å². The van der Waals surface area contributed by atoms with E-state index in [1.54, 1.807) is 24.3 Å². The molecule has 0 saturated carbocycles. The number of nitrogens with one attached hydrogen (secondary N) is 2. The summed E-state index contributed by atoms with van der Waals surface area (Å²) >= 11 is 0. The molecule has 0 spiro atoms. The summed E-state index contributed by atoms with van der Waals surface area (Å²) in [6.45, 7) is 2.27. The van der Waals surface area contributed by atoms with Crippen LogP contribution in [0.25, 0.3) is 10.8 Å². The highest BCUT2D eigenvalue weighted by atomic mass is 32.2. The fraction of sp³-hybridized carbons (Fsp3) is 0.130. The molecule has 0 radical (unpaired) electrons. The molecule has 1 amide bonds. The van der Waals surface area contributed by atoms with Crippen LogP contribution in [0, 0.1) is 6.92 Å². The fourth-order valence-corrected chi connectivity index (χ4v) is 5.42. The third-order valence-electron chi connectivity index (χ3n) is 5.53. The number of anilines is 1. The third-order valence-corrected chi connectivity index (χ3v) is 7.38. The standard InChI is InChI=1S/C23H20N4O3S/c1-15-9-11-17(12-10-15)23(28)24-22-19-13-27(14-20(19)25-26-22)31(29,30)21-8-4-6-16-5-2-3-7-18(16)21/h2-12H,13-14H2,1H3,(H2,24,25,26,28). The van der Waals surface area contributed by atoms with Crippen LogP contribution < -0.4 is 5.32 Å². The van der Waals surface area contributed by atoms with Crippen LogP contribution in [-0.4, -0.2) is 28.8 Å². The van der Waals surface area contributed by atoms with Crippen molar-refractivity contribution in [3.8, 4) is 0 Å². The van der Waals surface area contributed by atoms with Gasteiger partial charge >= 0.3 is 0 Å². The Bertz CT molecular complexity index is 1400. The van der Waals surface area contributed by atoms with Crippen LogP contribution in [0.2, 0.25) is 0 Å². The van der Waals surface area contributed by atoms with E-state index in [0.29, 0.717) is 28.0 Å². The Morgan fingerprint density at radius 2 is 1.74 bits per heavy atom. The number of sulfonamides is 1. The zero-order chi connectivity index (χ0) is 21.6. The smallest absolute Gasteiger partial charge is 0.256 e. The number of aryl methyl sites for hydroxylation is 1. The number of fused-ring (bicyclic) bond motifs is 2. The Morgan fingerprint density at radius 1 is 1.00 bits per heavy atom. The number of rotatable bonds is 4. The minimum Gasteiger partial charge on any atom is -0.305 e. The summed E-state index contributed by atoms with van der Waals surface area (Å²) in [5, 5.41) is 11.4. The van der Waals surface area contributed by atoms with Crippen molar-refractivity contribution in [1.29, 1.82) is 0 Å². The number of benzene rings is 3. The molecule has 7 nitrogen and oxygen atoms in total. The van der Waals surface area contributed by atoms with Crippen molar-refractivity contribution < 1.29 is 13.2 Å². The number of amides is 1. The molecule has 0 unspecified atom stereocenters. The van der Waals surface area contributed by atoms with Gasteiger partial charge in [-0.3, -0.25) is 9.89 Å². The first-order valence-electron chi connectivity index (χ1n) is 9.85. The lowest BCUT2D eigenvalue weighted by atomic mass is 10.1. The van der Waals surface area contributed by atoms with Gasteiger partial charge in [-0.25, -0.2) is 8.42 Å². The van der Waals surface area contributed by atoms with Crippen molar-refractivity contribution in [2.45, 2.75) is 24.9 Å². The summed E-state index contributed by atoms with van der Waals surface area (Å²) in [6.07, 6.45) is 0. The molecule has 0 bridgehead atoms. The van der Waals surface area contributed by atoms with E-state index in [0.717, 1.165) is 10.9 Å². The summed E-state index contributed by atoms with van der Waals surface area (Å²) in [5.41, 5.74) is 2.94. The minimum atomic E-state index is -3.73. The second-order valence-electron chi connectivity index (χ2n) is 7.60.